The van der Waals surface area contributed by atoms with E-state index in [1.807, 2.05) is 24.3 Å². The summed E-state index contributed by atoms with van der Waals surface area (Å²) in [6.07, 6.45) is 1.18. The number of methoxy groups -OCH3 is 1. The second-order valence-corrected chi connectivity index (χ2v) is 4.48. The predicted molar refractivity (Wildman–Crippen MR) is 67.2 cm³/mol. The SMILES string of the molecule is COc1ccc(NC(=O)CNC2CC2C)cc1. The van der Waals surface area contributed by atoms with E-state index in [1.54, 1.807) is 7.11 Å². The molecule has 1 saturated carbocycles. The third-order valence-electron chi connectivity index (χ3n) is 3.01. The van der Waals surface area contributed by atoms with E-state index in [0.717, 1.165) is 11.4 Å². The van der Waals surface area contributed by atoms with Crippen LogP contribution >= 0.6 is 0 Å². The Balaban J connectivity index is 1.76. The van der Waals surface area contributed by atoms with Gasteiger partial charge in [0.1, 0.15) is 5.75 Å². The molecule has 1 aliphatic carbocycles. The number of nitrogens with one attached hydrogen (secondary N) is 2. The number of benzene rings is 1. The van der Waals surface area contributed by atoms with E-state index in [0.29, 0.717) is 18.5 Å². The molecule has 0 aliphatic heterocycles. The lowest BCUT2D eigenvalue weighted by Crippen LogP contribution is -2.30. The number of anilines is 1. The van der Waals surface area contributed by atoms with Crippen LogP contribution in [0.2, 0.25) is 0 Å². The van der Waals surface area contributed by atoms with E-state index in [1.165, 1.54) is 6.42 Å². The fraction of sp³-hybridized carbons (Fsp3) is 0.462. The van der Waals surface area contributed by atoms with Crippen molar-refractivity contribution in [2.45, 2.75) is 19.4 Å². The molecule has 0 aromatic heterocycles. The molecule has 1 aromatic carbocycles. The standard InChI is InChI=1S/C13H18N2O2/c1-9-7-12(9)14-8-13(16)15-10-3-5-11(17-2)6-4-10/h3-6,9,12,14H,7-8H2,1-2H3,(H,15,16). The lowest BCUT2D eigenvalue weighted by atomic mass is 10.3. The third-order valence-corrected chi connectivity index (χ3v) is 3.01. The number of hydrogen-bond acceptors (Lipinski definition) is 3. The first-order valence-corrected chi connectivity index (χ1v) is 5.86. The smallest absolute Gasteiger partial charge is 0.238 e. The van der Waals surface area contributed by atoms with Crippen LogP contribution in [0.1, 0.15) is 13.3 Å². The highest BCUT2D eigenvalue weighted by Gasteiger charge is 2.32. The zero-order chi connectivity index (χ0) is 12.3. The highest BCUT2D eigenvalue weighted by Crippen LogP contribution is 2.28. The summed E-state index contributed by atoms with van der Waals surface area (Å²) in [4.78, 5) is 11.6. The maximum absolute atomic E-state index is 11.6. The Morgan fingerprint density at radius 1 is 1.41 bits per heavy atom. The van der Waals surface area contributed by atoms with Crippen molar-refractivity contribution in [3.05, 3.63) is 24.3 Å². The van der Waals surface area contributed by atoms with Crippen LogP contribution in [0.5, 0.6) is 5.75 Å². The van der Waals surface area contributed by atoms with Crippen LogP contribution in [-0.4, -0.2) is 25.6 Å². The minimum Gasteiger partial charge on any atom is -0.497 e. The predicted octanol–water partition coefficient (Wildman–Crippen LogP) is 1.63. The Kier molecular flexibility index (Phi) is 3.64. The van der Waals surface area contributed by atoms with Crippen molar-refractivity contribution in [3.8, 4) is 5.75 Å². The molecule has 92 valence electrons. The average Bonchev–Trinajstić information content (AvgIpc) is 3.04. The molecule has 17 heavy (non-hydrogen) atoms. The maximum atomic E-state index is 11.6. The van der Waals surface area contributed by atoms with Gasteiger partial charge in [-0.05, 0) is 36.6 Å². The topological polar surface area (TPSA) is 50.4 Å². The molecular formula is C13H18N2O2. The van der Waals surface area contributed by atoms with Crippen molar-refractivity contribution < 1.29 is 9.53 Å². The van der Waals surface area contributed by atoms with E-state index in [2.05, 4.69) is 17.6 Å². The molecule has 1 amide bonds. The summed E-state index contributed by atoms with van der Waals surface area (Å²) < 4.78 is 5.05. The second-order valence-electron chi connectivity index (χ2n) is 4.48. The molecule has 2 atom stereocenters. The highest BCUT2D eigenvalue weighted by atomic mass is 16.5. The first-order valence-electron chi connectivity index (χ1n) is 5.86. The normalized spacial score (nSPS) is 22.0. The Morgan fingerprint density at radius 2 is 2.06 bits per heavy atom. The van der Waals surface area contributed by atoms with E-state index in [4.69, 9.17) is 4.74 Å². The van der Waals surface area contributed by atoms with E-state index < -0.39 is 0 Å². The lowest BCUT2D eigenvalue weighted by Gasteiger charge is -2.07. The number of amides is 1. The Morgan fingerprint density at radius 3 is 2.59 bits per heavy atom. The summed E-state index contributed by atoms with van der Waals surface area (Å²) in [5.41, 5.74) is 0.793. The summed E-state index contributed by atoms with van der Waals surface area (Å²) in [5, 5.41) is 6.05. The van der Waals surface area contributed by atoms with Gasteiger partial charge in [-0.15, -0.1) is 0 Å². The van der Waals surface area contributed by atoms with Crippen LogP contribution < -0.4 is 15.4 Å². The second kappa shape index (κ2) is 5.19. The molecule has 0 bridgehead atoms. The van der Waals surface area contributed by atoms with Gasteiger partial charge >= 0.3 is 0 Å². The van der Waals surface area contributed by atoms with Crippen LogP contribution in [0, 0.1) is 5.92 Å². The van der Waals surface area contributed by atoms with Crippen molar-refractivity contribution >= 4 is 11.6 Å². The summed E-state index contributed by atoms with van der Waals surface area (Å²) in [6, 6.07) is 7.84. The molecule has 0 spiro atoms. The van der Waals surface area contributed by atoms with Gasteiger partial charge in [0, 0.05) is 11.7 Å². The minimum atomic E-state index is -0.00531. The zero-order valence-corrected chi connectivity index (χ0v) is 10.2. The fourth-order valence-corrected chi connectivity index (χ4v) is 1.71. The van der Waals surface area contributed by atoms with Gasteiger partial charge in [-0.3, -0.25) is 4.79 Å². The van der Waals surface area contributed by atoms with Crippen molar-refractivity contribution in [3.63, 3.8) is 0 Å². The largest absolute Gasteiger partial charge is 0.497 e. The highest BCUT2D eigenvalue weighted by molar-refractivity contribution is 5.92. The number of carbonyl (C=O) groups is 1. The Bertz CT molecular complexity index is 389. The molecule has 4 heteroatoms. The lowest BCUT2D eigenvalue weighted by molar-refractivity contribution is -0.115. The van der Waals surface area contributed by atoms with Gasteiger partial charge < -0.3 is 15.4 Å². The monoisotopic (exact) mass is 234 g/mol. The minimum absolute atomic E-state index is 0.00531. The van der Waals surface area contributed by atoms with Crippen LogP contribution in [0.15, 0.2) is 24.3 Å². The number of carbonyl (C=O) groups excluding carboxylic acids is 1. The summed E-state index contributed by atoms with van der Waals surface area (Å²) in [6.45, 7) is 2.56. The first-order chi connectivity index (χ1) is 8.19. The van der Waals surface area contributed by atoms with Gasteiger partial charge in [-0.1, -0.05) is 6.92 Å². The van der Waals surface area contributed by atoms with Crippen LogP contribution in [-0.2, 0) is 4.79 Å². The molecule has 0 heterocycles. The Hall–Kier alpha value is -1.55. The molecule has 1 aliphatic rings. The number of rotatable bonds is 5. The Labute approximate surface area is 101 Å². The number of ether oxygens (including phenoxy) is 1. The molecule has 2 unspecified atom stereocenters. The van der Waals surface area contributed by atoms with Gasteiger partial charge in [0.05, 0.1) is 13.7 Å². The molecule has 1 fully saturated rings. The van der Waals surface area contributed by atoms with E-state index in [-0.39, 0.29) is 5.91 Å². The maximum Gasteiger partial charge on any atom is 0.238 e. The van der Waals surface area contributed by atoms with Gasteiger partial charge in [0.25, 0.3) is 0 Å². The van der Waals surface area contributed by atoms with Crippen molar-refractivity contribution in [1.29, 1.82) is 0 Å². The summed E-state index contributed by atoms with van der Waals surface area (Å²) in [5.74, 6) is 1.49. The van der Waals surface area contributed by atoms with Gasteiger partial charge in [0.15, 0.2) is 0 Å². The fourth-order valence-electron chi connectivity index (χ4n) is 1.71. The van der Waals surface area contributed by atoms with Gasteiger partial charge in [0.2, 0.25) is 5.91 Å². The van der Waals surface area contributed by atoms with Gasteiger partial charge in [-0.25, -0.2) is 0 Å². The first kappa shape index (κ1) is 11.9. The molecule has 0 saturated heterocycles. The van der Waals surface area contributed by atoms with Crippen molar-refractivity contribution in [1.82, 2.24) is 5.32 Å². The van der Waals surface area contributed by atoms with Crippen molar-refractivity contribution in [2.75, 3.05) is 19.0 Å². The molecule has 4 nitrogen and oxygen atoms in total. The quantitative estimate of drug-likeness (QED) is 0.814. The zero-order valence-electron chi connectivity index (χ0n) is 10.2. The number of hydrogen-bond donors (Lipinski definition) is 2. The summed E-state index contributed by atoms with van der Waals surface area (Å²) in [7, 11) is 1.62. The average molecular weight is 234 g/mol. The van der Waals surface area contributed by atoms with Gasteiger partial charge in [-0.2, -0.15) is 0 Å². The van der Waals surface area contributed by atoms with Crippen LogP contribution in [0.25, 0.3) is 0 Å². The molecule has 2 N–H and O–H groups in total. The van der Waals surface area contributed by atoms with E-state index >= 15 is 0 Å². The van der Waals surface area contributed by atoms with E-state index in [9.17, 15) is 4.79 Å². The van der Waals surface area contributed by atoms with Crippen LogP contribution in [0.4, 0.5) is 5.69 Å². The molecule has 2 rings (SSSR count). The summed E-state index contributed by atoms with van der Waals surface area (Å²) >= 11 is 0. The van der Waals surface area contributed by atoms with Crippen molar-refractivity contribution in [2.24, 2.45) is 5.92 Å². The molecule has 1 aromatic rings. The van der Waals surface area contributed by atoms with Crippen LogP contribution in [0.3, 0.4) is 0 Å². The third kappa shape index (κ3) is 3.46. The molecular weight excluding hydrogens is 216 g/mol. The molecule has 0 radical (unpaired) electrons.